The molecule has 8 heteroatoms. The van der Waals surface area contributed by atoms with Crippen molar-refractivity contribution in [2.24, 2.45) is 0 Å². The first-order chi connectivity index (χ1) is 14.8. The second kappa shape index (κ2) is 9.75. The summed E-state index contributed by atoms with van der Waals surface area (Å²) in [6.07, 6.45) is 1.47. The van der Waals surface area contributed by atoms with Crippen LogP contribution in [0.3, 0.4) is 0 Å². The van der Waals surface area contributed by atoms with Crippen LogP contribution in [0.25, 0.3) is 5.76 Å². The minimum absolute atomic E-state index is 0.0166. The molecule has 0 saturated carbocycles. The number of halogens is 2. The number of carbonyl (C=O) groups excluding carboxylic acids is 2. The van der Waals surface area contributed by atoms with Gasteiger partial charge in [-0.15, -0.1) is 0 Å². The summed E-state index contributed by atoms with van der Waals surface area (Å²) in [4.78, 5) is 37.6. The van der Waals surface area contributed by atoms with Gasteiger partial charge in [-0.3, -0.25) is 14.4 Å². The molecule has 2 N–H and O–H groups in total. The first kappa shape index (κ1) is 22.5. The van der Waals surface area contributed by atoms with E-state index in [1.807, 2.05) is 0 Å². The number of benzene rings is 2. The Morgan fingerprint density at radius 3 is 2.39 bits per heavy atom. The number of nitrogens with zero attached hydrogens (tertiary/aromatic N) is 1. The molecule has 6 nitrogen and oxygen atoms in total. The largest absolute Gasteiger partial charge is 0.507 e. The lowest BCUT2D eigenvalue weighted by Gasteiger charge is -2.25. The van der Waals surface area contributed by atoms with Gasteiger partial charge in [-0.1, -0.05) is 30.2 Å². The predicted molar refractivity (Wildman–Crippen MR) is 113 cm³/mol. The molecule has 162 valence electrons. The van der Waals surface area contributed by atoms with Crippen LogP contribution >= 0.6 is 11.6 Å². The SMILES string of the molecule is O=C(O)CCCCCN1C(=O)C(=O)C(=C(O)c2ccc(Cl)cc2)C1c1cccc(F)c1. The number of amides is 1. The fourth-order valence-corrected chi connectivity index (χ4v) is 3.76. The van der Waals surface area contributed by atoms with Gasteiger partial charge in [-0.2, -0.15) is 0 Å². The van der Waals surface area contributed by atoms with Crippen molar-refractivity contribution in [2.45, 2.75) is 31.7 Å². The molecule has 31 heavy (non-hydrogen) atoms. The minimum atomic E-state index is -0.953. The number of Topliss-reactive ketones (excluding diaryl/α,β-unsaturated/α-hetero) is 1. The lowest BCUT2D eigenvalue weighted by atomic mass is 9.95. The van der Waals surface area contributed by atoms with Gasteiger partial charge in [0, 0.05) is 23.6 Å². The fraction of sp³-hybridized carbons (Fsp3) is 0.261. The lowest BCUT2D eigenvalue weighted by molar-refractivity contribution is -0.140. The van der Waals surface area contributed by atoms with Crippen LogP contribution < -0.4 is 0 Å². The average Bonchev–Trinajstić information content (AvgIpc) is 2.98. The number of carboxylic acids is 1. The maximum Gasteiger partial charge on any atom is 0.303 e. The first-order valence-corrected chi connectivity index (χ1v) is 10.2. The molecule has 1 amide bonds. The molecular formula is C23H21ClFNO5. The molecule has 1 fully saturated rings. The van der Waals surface area contributed by atoms with Crippen LogP contribution in [0.2, 0.25) is 5.02 Å². The third-order valence-electron chi connectivity index (χ3n) is 5.11. The summed E-state index contributed by atoms with van der Waals surface area (Å²) >= 11 is 5.89. The number of rotatable bonds is 8. The summed E-state index contributed by atoms with van der Waals surface area (Å²) < 4.78 is 13.9. The third-order valence-corrected chi connectivity index (χ3v) is 5.36. The van der Waals surface area contributed by atoms with Crippen molar-refractivity contribution in [3.8, 4) is 0 Å². The Morgan fingerprint density at radius 1 is 1.03 bits per heavy atom. The predicted octanol–water partition coefficient (Wildman–Crippen LogP) is 4.55. The maximum absolute atomic E-state index is 13.9. The number of unbranched alkanes of at least 4 members (excludes halogenated alkanes) is 2. The molecule has 1 aliphatic rings. The Bertz CT molecular complexity index is 1030. The van der Waals surface area contributed by atoms with Crippen LogP contribution in [-0.2, 0) is 14.4 Å². The van der Waals surface area contributed by atoms with Gasteiger partial charge in [0.15, 0.2) is 0 Å². The lowest BCUT2D eigenvalue weighted by Crippen LogP contribution is -2.30. The Morgan fingerprint density at radius 2 is 1.74 bits per heavy atom. The fourth-order valence-electron chi connectivity index (χ4n) is 3.63. The summed E-state index contributed by atoms with van der Waals surface area (Å²) in [5.74, 6) is -3.44. The quantitative estimate of drug-likeness (QED) is 0.269. The number of hydrogen-bond acceptors (Lipinski definition) is 4. The Kier molecular flexibility index (Phi) is 7.07. The summed E-state index contributed by atoms with van der Waals surface area (Å²) in [5.41, 5.74) is 0.550. The summed E-state index contributed by atoms with van der Waals surface area (Å²) in [6.45, 7) is 0.169. The smallest absolute Gasteiger partial charge is 0.303 e. The molecule has 1 unspecified atom stereocenters. The van der Waals surface area contributed by atoms with E-state index in [1.54, 1.807) is 18.2 Å². The second-order valence-corrected chi connectivity index (χ2v) is 7.70. The highest BCUT2D eigenvalue weighted by Gasteiger charge is 2.45. The van der Waals surface area contributed by atoms with E-state index in [9.17, 15) is 23.9 Å². The molecule has 1 aliphatic heterocycles. The van der Waals surface area contributed by atoms with Gasteiger partial charge in [0.2, 0.25) is 0 Å². The van der Waals surface area contributed by atoms with Gasteiger partial charge in [-0.05, 0) is 54.8 Å². The molecule has 0 aromatic heterocycles. The minimum Gasteiger partial charge on any atom is -0.507 e. The number of likely N-dealkylation sites (tertiary alicyclic amines) is 1. The van der Waals surface area contributed by atoms with Crippen molar-refractivity contribution >= 4 is 35.0 Å². The Labute approximate surface area is 183 Å². The summed E-state index contributed by atoms with van der Waals surface area (Å²) in [5, 5.41) is 20.1. The zero-order valence-corrected chi connectivity index (χ0v) is 17.3. The molecule has 2 aromatic carbocycles. The van der Waals surface area contributed by atoms with Gasteiger partial charge in [0.25, 0.3) is 11.7 Å². The van der Waals surface area contributed by atoms with E-state index in [-0.39, 0.29) is 24.3 Å². The third kappa shape index (κ3) is 5.11. The van der Waals surface area contributed by atoms with Gasteiger partial charge in [0.05, 0.1) is 11.6 Å². The van der Waals surface area contributed by atoms with Gasteiger partial charge in [-0.25, -0.2) is 4.39 Å². The van der Waals surface area contributed by atoms with Crippen LogP contribution in [0.4, 0.5) is 4.39 Å². The Balaban J connectivity index is 1.97. The zero-order valence-electron chi connectivity index (χ0n) is 16.6. The van der Waals surface area contributed by atoms with Crippen molar-refractivity contribution in [3.05, 3.63) is 76.1 Å². The van der Waals surface area contributed by atoms with Crippen LogP contribution in [-0.4, -0.2) is 39.3 Å². The van der Waals surface area contributed by atoms with Gasteiger partial charge < -0.3 is 15.1 Å². The van der Waals surface area contributed by atoms with E-state index in [0.717, 1.165) is 0 Å². The van der Waals surface area contributed by atoms with Gasteiger partial charge >= 0.3 is 5.97 Å². The van der Waals surface area contributed by atoms with Crippen LogP contribution in [0.1, 0.15) is 42.9 Å². The van der Waals surface area contributed by atoms with E-state index in [2.05, 4.69) is 0 Å². The molecule has 1 atom stereocenters. The van der Waals surface area contributed by atoms with E-state index < -0.39 is 29.5 Å². The van der Waals surface area contributed by atoms with E-state index in [1.165, 1.54) is 35.2 Å². The van der Waals surface area contributed by atoms with Crippen molar-refractivity contribution in [1.29, 1.82) is 0 Å². The molecule has 1 saturated heterocycles. The Hall–Kier alpha value is -3.19. The maximum atomic E-state index is 13.9. The number of hydrogen-bond donors (Lipinski definition) is 2. The molecular weight excluding hydrogens is 425 g/mol. The van der Waals surface area contributed by atoms with E-state index in [4.69, 9.17) is 16.7 Å². The number of aliphatic hydroxyl groups excluding tert-OH is 1. The molecule has 0 spiro atoms. The summed E-state index contributed by atoms with van der Waals surface area (Å²) in [6, 6.07) is 10.7. The first-order valence-electron chi connectivity index (χ1n) is 9.81. The normalized spacial score (nSPS) is 17.9. The number of carboxylic acid groups (broad SMARTS) is 1. The molecule has 3 rings (SSSR count). The topological polar surface area (TPSA) is 94.9 Å². The van der Waals surface area contributed by atoms with Crippen molar-refractivity contribution < 1.29 is 29.0 Å². The highest BCUT2D eigenvalue weighted by Crippen LogP contribution is 2.39. The number of aliphatic hydroxyl groups is 1. The van der Waals surface area contributed by atoms with Crippen molar-refractivity contribution in [1.82, 2.24) is 4.90 Å². The standard InChI is InChI=1S/C23H21ClFNO5/c24-16-10-8-14(9-11-16)21(29)19-20(15-5-4-6-17(25)13-15)26(23(31)22(19)30)12-3-1-2-7-18(27)28/h4-6,8-11,13,20,29H,1-3,7,12H2,(H,27,28). The number of ketones is 1. The van der Waals surface area contributed by atoms with Crippen molar-refractivity contribution in [3.63, 3.8) is 0 Å². The van der Waals surface area contributed by atoms with Gasteiger partial charge in [0.1, 0.15) is 11.6 Å². The zero-order chi connectivity index (χ0) is 22.5. The van der Waals surface area contributed by atoms with E-state index >= 15 is 0 Å². The molecule has 2 aromatic rings. The van der Waals surface area contributed by atoms with Crippen molar-refractivity contribution in [2.75, 3.05) is 6.54 Å². The molecule has 1 heterocycles. The van der Waals surface area contributed by atoms with Crippen LogP contribution in [0, 0.1) is 5.82 Å². The van der Waals surface area contributed by atoms with E-state index in [0.29, 0.717) is 35.4 Å². The van der Waals surface area contributed by atoms with Crippen LogP contribution in [0.15, 0.2) is 54.1 Å². The number of carbonyl (C=O) groups is 3. The number of aliphatic carboxylic acids is 1. The molecule has 0 aliphatic carbocycles. The van der Waals surface area contributed by atoms with Crippen LogP contribution in [0.5, 0.6) is 0 Å². The summed E-state index contributed by atoms with van der Waals surface area (Å²) in [7, 11) is 0. The molecule has 0 bridgehead atoms. The average molecular weight is 446 g/mol. The molecule has 0 radical (unpaired) electrons. The second-order valence-electron chi connectivity index (χ2n) is 7.26. The highest BCUT2D eigenvalue weighted by atomic mass is 35.5. The highest BCUT2D eigenvalue weighted by molar-refractivity contribution is 6.46. The monoisotopic (exact) mass is 445 g/mol.